The van der Waals surface area contributed by atoms with Crippen LogP contribution < -0.4 is 61.2 Å². The number of carbonyl (C=O) groups excluding carboxylic acids is 1. The summed E-state index contributed by atoms with van der Waals surface area (Å²) in [5.41, 5.74) is 0. The van der Waals surface area contributed by atoms with Crippen molar-refractivity contribution < 1.29 is 66.0 Å². The van der Waals surface area contributed by atoms with Crippen LogP contribution in [-0.2, 0) is 4.79 Å². The van der Waals surface area contributed by atoms with Crippen molar-refractivity contribution in [3.8, 4) is 5.75 Å². The number of carboxylic acid groups (broad SMARTS) is 1. The summed E-state index contributed by atoms with van der Waals surface area (Å²) < 4.78 is 5.26. The topological polar surface area (TPSA) is 49.4 Å². The maximum atomic E-state index is 10.1. The number of rotatable bonds is 5. The second kappa shape index (κ2) is 8.75. The molecule has 0 amide bonds. The molecule has 0 atom stereocenters. The summed E-state index contributed by atoms with van der Waals surface area (Å²) in [7, 11) is 0. The van der Waals surface area contributed by atoms with Gasteiger partial charge in [0.05, 0.1) is 11.6 Å². The zero-order valence-electron chi connectivity index (χ0n) is 8.83. The number of hydrogen-bond donors (Lipinski definition) is 0. The van der Waals surface area contributed by atoms with Crippen molar-refractivity contribution in [1.29, 1.82) is 0 Å². The maximum absolute atomic E-state index is 10.1. The molecule has 0 unspecified atom stereocenters. The van der Waals surface area contributed by atoms with Gasteiger partial charge in [-0.2, -0.15) is 0 Å². The van der Waals surface area contributed by atoms with Gasteiger partial charge in [-0.05, 0) is 31.0 Å². The van der Waals surface area contributed by atoms with Crippen molar-refractivity contribution in [2.24, 2.45) is 0 Å². The minimum absolute atomic E-state index is 0. The van der Waals surface area contributed by atoms with Gasteiger partial charge in [0.2, 0.25) is 0 Å². The smallest absolute Gasteiger partial charge is 0.550 e. The molecule has 1 aromatic carbocycles. The Bertz CT molecular complexity index is 358. The molecule has 0 bridgehead atoms. The van der Waals surface area contributed by atoms with Crippen molar-refractivity contribution in [2.45, 2.75) is 12.8 Å². The van der Waals surface area contributed by atoms with Gasteiger partial charge in [0.15, 0.2) is 0 Å². The van der Waals surface area contributed by atoms with Crippen LogP contribution in [0, 0.1) is 0 Å². The van der Waals surface area contributed by atoms with Gasteiger partial charge in [-0.1, -0.05) is 23.2 Å². The molecule has 0 fully saturated rings. The maximum Gasteiger partial charge on any atom is 1.00 e. The van der Waals surface area contributed by atoms with Crippen LogP contribution in [0.1, 0.15) is 12.8 Å². The van der Waals surface area contributed by atoms with E-state index in [1.165, 1.54) is 0 Å². The molecule has 0 radical (unpaired) electrons. The van der Waals surface area contributed by atoms with Crippen LogP contribution >= 0.6 is 23.2 Å². The van der Waals surface area contributed by atoms with E-state index < -0.39 is 5.97 Å². The molecule has 0 aromatic heterocycles. The fraction of sp³-hybridized carbons (Fsp3) is 0.300. The third-order valence-corrected chi connectivity index (χ3v) is 2.21. The van der Waals surface area contributed by atoms with Crippen LogP contribution in [-0.4, -0.2) is 12.6 Å². The molecule has 6 heteroatoms. The summed E-state index contributed by atoms with van der Waals surface area (Å²) in [6.45, 7) is 0.287. The summed E-state index contributed by atoms with van der Waals surface area (Å²) in [5.74, 6) is -0.583. The van der Waals surface area contributed by atoms with Crippen molar-refractivity contribution in [3.63, 3.8) is 0 Å². The molecule has 0 spiro atoms. The predicted molar refractivity (Wildman–Crippen MR) is 56.2 cm³/mol. The van der Waals surface area contributed by atoms with E-state index in [1.54, 1.807) is 18.2 Å². The SMILES string of the molecule is O=C([O-])CCCOc1ccc(Cl)cc1Cl.[K+]. The first-order valence-electron chi connectivity index (χ1n) is 4.37. The number of carboxylic acids is 1. The number of halogens is 2. The van der Waals surface area contributed by atoms with E-state index in [-0.39, 0.29) is 64.4 Å². The first-order valence-corrected chi connectivity index (χ1v) is 5.13. The van der Waals surface area contributed by atoms with E-state index in [0.717, 1.165) is 0 Å². The average Bonchev–Trinajstić information content (AvgIpc) is 2.14. The quantitative estimate of drug-likeness (QED) is 0.510. The molecule has 0 saturated heterocycles. The normalized spacial score (nSPS) is 9.38. The Kier molecular flexibility index (Phi) is 9.13. The molecule has 3 nitrogen and oxygen atoms in total. The Morgan fingerprint density at radius 1 is 1.38 bits per heavy atom. The monoisotopic (exact) mass is 286 g/mol. The fourth-order valence-corrected chi connectivity index (χ4v) is 1.45. The van der Waals surface area contributed by atoms with Crippen LogP contribution in [0.25, 0.3) is 0 Å². The van der Waals surface area contributed by atoms with E-state index >= 15 is 0 Å². The summed E-state index contributed by atoms with van der Waals surface area (Å²) in [5, 5.41) is 11.1. The molecule has 0 saturated carbocycles. The average molecular weight is 287 g/mol. The van der Waals surface area contributed by atoms with Gasteiger partial charge in [-0.3, -0.25) is 0 Å². The Labute approximate surface area is 146 Å². The van der Waals surface area contributed by atoms with Crippen LogP contribution in [0.2, 0.25) is 10.0 Å². The van der Waals surface area contributed by atoms with Gasteiger partial charge in [0.25, 0.3) is 0 Å². The molecular formula is C10H9Cl2KO3. The molecule has 1 rings (SSSR count). The van der Waals surface area contributed by atoms with Crippen LogP contribution in [0.15, 0.2) is 18.2 Å². The first kappa shape index (κ1) is 16.7. The largest absolute Gasteiger partial charge is 1.00 e. The van der Waals surface area contributed by atoms with Crippen LogP contribution in [0.3, 0.4) is 0 Å². The van der Waals surface area contributed by atoms with E-state index in [9.17, 15) is 9.90 Å². The third-order valence-electron chi connectivity index (χ3n) is 1.68. The number of ether oxygens (including phenoxy) is 1. The van der Waals surface area contributed by atoms with Gasteiger partial charge in [0.1, 0.15) is 5.75 Å². The number of hydrogen-bond acceptors (Lipinski definition) is 3. The minimum atomic E-state index is -1.08. The van der Waals surface area contributed by atoms with Crippen molar-refractivity contribution in [3.05, 3.63) is 28.2 Å². The third kappa shape index (κ3) is 6.44. The second-order valence-electron chi connectivity index (χ2n) is 2.90. The summed E-state index contributed by atoms with van der Waals surface area (Å²) in [6, 6.07) is 4.86. The molecule has 0 aliphatic carbocycles. The zero-order chi connectivity index (χ0) is 11.3. The van der Waals surface area contributed by atoms with Crippen molar-refractivity contribution in [1.82, 2.24) is 0 Å². The van der Waals surface area contributed by atoms with E-state index in [1.807, 2.05) is 0 Å². The molecule has 1 aromatic rings. The number of aliphatic carboxylic acids is 1. The number of carbonyl (C=O) groups is 1. The molecule has 0 heterocycles. The molecule has 0 N–H and O–H groups in total. The van der Waals surface area contributed by atoms with Gasteiger partial charge in [-0.25, -0.2) is 0 Å². The minimum Gasteiger partial charge on any atom is -0.550 e. The molecule has 0 aliphatic heterocycles. The number of benzene rings is 1. The standard InChI is InChI=1S/C10H10Cl2O3.K/c11-7-3-4-9(8(12)6-7)15-5-1-2-10(13)14;/h3-4,6H,1-2,5H2,(H,13,14);/q;+1/p-1. The molecule has 82 valence electrons. The van der Waals surface area contributed by atoms with Crippen LogP contribution in [0.4, 0.5) is 0 Å². The second-order valence-corrected chi connectivity index (χ2v) is 3.74. The van der Waals surface area contributed by atoms with Crippen molar-refractivity contribution in [2.75, 3.05) is 6.61 Å². The first-order chi connectivity index (χ1) is 7.09. The molecule has 16 heavy (non-hydrogen) atoms. The van der Waals surface area contributed by atoms with Gasteiger partial charge >= 0.3 is 51.4 Å². The predicted octanol–water partition coefficient (Wildman–Crippen LogP) is -1.09. The fourth-order valence-electron chi connectivity index (χ4n) is 0.991. The van der Waals surface area contributed by atoms with E-state index in [2.05, 4.69) is 0 Å². The molecular weight excluding hydrogens is 278 g/mol. The van der Waals surface area contributed by atoms with Crippen molar-refractivity contribution >= 4 is 29.2 Å². The van der Waals surface area contributed by atoms with Crippen LogP contribution in [0.5, 0.6) is 5.75 Å². The van der Waals surface area contributed by atoms with E-state index in [4.69, 9.17) is 27.9 Å². The summed E-state index contributed by atoms with van der Waals surface area (Å²) in [4.78, 5) is 10.1. The van der Waals surface area contributed by atoms with Gasteiger partial charge in [-0.15, -0.1) is 0 Å². The summed E-state index contributed by atoms with van der Waals surface area (Å²) >= 11 is 11.5. The van der Waals surface area contributed by atoms with Gasteiger partial charge < -0.3 is 14.6 Å². The van der Waals surface area contributed by atoms with E-state index in [0.29, 0.717) is 22.2 Å². The Hall–Kier alpha value is 0.706. The van der Waals surface area contributed by atoms with Gasteiger partial charge in [0, 0.05) is 11.0 Å². The Morgan fingerprint density at radius 3 is 2.62 bits per heavy atom. The zero-order valence-corrected chi connectivity index (χ0v) is 13.5. The molecule has 0 aliphatic rings. The summed E-state index contributed by atoms with van der Waals surface area (Å²) in [6.07, 6.45) is 0.368. The Balaban J connectivity index is 0.00000225. The Morgan fingerprint density at radius 2 is 2.06 bits per heavy atom.